The Morgan fingerprint density at radius 3 is 3.00 bits per heavy atom. The highest BCUT2D eigenvalue weighted by atomic mass is 14.7. The fourth-order valence-corrected chi connectivity index (χ4v) is 1.25. The van der Waals surface area contributed by atoms with E-state index in [1.807, 2.05) is 24.5 Å². The van der Waals surface area contributed by atoms with Crippen LogP contribution in [0.5, 0.6) is 0 Å². The van der Waals surface area contributed by atoms with Crippen LogP contribution in [0.3, 0.4) is 0 Å². The molecular formula is C10H10N2. The minimum atomic E-state index is 1.03. The topological polar surface area (TPSA) is 25.2 Å². The van der Waals surface area contributed by atoms with E-state index in [1.54, 1.807) is 6.20 Å². The Hall–Kier alpha value is -1.44. The quantitative estimate of drug-likeness (QED) is 0.615. The van der Waals surface area contributed by atoms with Gasteiger partial charge in [0.15, 0.2) is 0 Å². The molecule has 0 saturated carbocycles. The summed E-state index contributed by atoms with van der Waals surface area (Å²) < 4.78 is 0. The molecule has 1 aromatic rings. The van der Waals surface area contributed by atoms with E-state index < -0.39 is 0 Å². The lowest BCUT2D eigenvalue weighted by atomic mass is 10.1. The van der Waals surface area contributed by atoms with Crippen molar-refractivity contribution < 1.29 is 0 Å². The van der Waals surface area contributed by atoms with Crippen molar-refractivity contribution in [2.45, 2.75) is 12.8 Å². The maximum atomic E-state index is 4.30. The third kappa shape index (κ3) is 1.42. The molecule has 2 heterocycles. The van der Waals surface area contributed by atoms with Gasteiger partial charge in [0.25, 0.3) is 0 Å². The van der Waals surface area contributed by atoms with Gasteiger partial charge < -0.3 is 0 Å². The summed E-state index contributed by atoms with van der Waals surface area (Å²) in [5, 5.41) is 0. The molecule has 0 spiro atoms. The van der Waals surface area contributed by atoms with E-state index in [0.717, 1.165) is 24.1 Å². The number of nitrogens with zero attached hydrogens (tertiary/aromatic N) is 2. The molecule has 2 rings (SSSR count). The first kappa shape index (κ1) is 7.22. The molecular weight excluding hydrogens is 148 g/mol. The number of hydrogen-bond donors (Lipinski definition) is 0. The van der Waals surface area contributed by atoms with Gasteiger partial charge in [-0.1, -0.05) is 12.1 Å². The van der Waals surface area contributed by atoms with E-state index >= 15 is 0 Å². The molecule has 0 N–H and O–H groups in total. The number of aromatic nitrogens is 1. The van der Waals surface area contributed by atoms with Crippen LogP contribution in [0.25, 0.3) is 0 Å². The zero-order chi connectivity index (χ0) is 8.23. The average molecular weight is 158 g/mol. The van der Waals surface area contributed by atoms with Crippen molar-refractivity contribution in [1.82, 2.24) is 4.98 Å². The van der Waals surface area contributed by atoms with Crippen LogP contribution in [-0.4, -0.2) is 10.7 Å². The van der Waals surface area contributed by atoms with Crippen LogP contribution < -0.4 is 0 Å². The van der Waals surface area contributed by atoms with E-state index in [4.69, 9.17) is 0 Å². The van der Waals surface area contributed by atoms with Crippen molar-refractivity contribution >= 4 is 5.71 Å². The van der Waals surface area contributed by atoms with Crippen molar-refractivity contribution in [2.75, 3.05) is 0 Å². The van der Waals surface area contributed by atoms with E-state index in [-0.39, 0.29) is 0 Å². The fraction of sp³-hybridized carbons (Fsp3) is 0.200. The molecule has 0 saturated heterocycles. The predicted molar refractivity (Wildman–Crippen MR) is 49.1 cm³/mol. The normalized spacial score (nSPS) is 15.8. The smallest absolute Gasteiger partial charge is 0.0494 e. The van der Waals surface area contributed by atoms with Crippen molar-refractivity contribution in [2.24, 2.45) is 4.99 Å². The molecule has 0 atom stereocenters. The van der Waals surface area contributed by atoms with Gasteiger partial charge in [0, 0.05) is 29.9 Å². The van der Waals surface area contributed by atoms with Gasteiger partial charge in [0.2, 0.25) is 0 Å². The van der Waals surface area contributed by atoms with Gasteiger partial charge in [-0.15, -0.1) is 0 Å². The van der Waals surface area contributed by atoms with E-state index in [9.17, 15) is 0 Å². The van der Waals surface area contributed by atoms with E-state index in [1.165, 1.54) is 0 Å². The molecule has 1 aromatic heterocycles. The van der Waals surface area contributed by atoms with Crippen LogP contribution >= 0.6 is 0 Å². The fourth-order valence-electron chi connectivity index (χ4n) is 1.25. The van der Waals surface area contributed by atoms with Gasteiger partial charge in [-0.2, -0.15) is 0 Å². The molecule has 0 radical (unpaired) electrons. The second-order valence-corrected chi connectivity index (χ2v) is 2.74. The number of pyridine rings is 1. The third-order valence-electron chi connectivity index (χ3n) is 1.88. The summed E-state index contributed by atoms with van der Waals surface area (Å²) in [6.07, 6.45) is 9.71. The molecule has 0 bridgehead atoms. The van der Waals surface area contributed by atoms with Gasteiger partial charge in [0.05, 0.1) is 0 Å². The van der Waals surface area contributed by atoms with Crippen molar-refractivity contribution in [3.8, 4) is 0 Å². The monoisotopic (exact) mass is 158 g/mol. The van der Waals surface area contributed by atoms with Crippen LogP contribution in [0.15, 0.2) is 41.8 Å². The van der Waals surface area contributed by atoms with Crippen molar-refractivity contribution in [3.05, 3.63) is 42.4 Å². The first-order chi connectivity index (χ1) is 5.97. The lowest BCUT2D eigenvalue weighted by Crippen LogP contribution is -2.02. The summed E-state index contributed by atoms with van der Waals surface area (Å²) >= 11 is 0. The Bertz CT molecular complexity index is 312. The van der Waals surface area contributed by atoms with Crippen LogP contribution in [0.4, 0.5) is 0 Å². The Morgan fingerprint density at radius 1 is 1.33 bits per heavy atom. The zero-order valence-corrected chi connectivity index (χ0v) is 6.77. The van der Waals surface area contributed by atoms with Crippen molar-refractivity contribution in [1.29, 1.82) is 0 Å². The first-order valence-electron chi connectivity index (χ1n) is 4.09. The summed E-state index contributed by atoms with van der Waals surface area (Å²) in [5.41, 5.74) is 2.28. The largest absolute Gasteiger partial charge is 0.264 e. The summed E-state index contributed by atoms with van der Waals surface area (Å²) in [6, 6.07) is 3.99. The maximum Gasteiger partial charge on any atom is 0.0494 e. The molecule has 0 amide bonds. The summed E-state index contributed by atoms with van der Waals surface area (Å²) in [4.78, 5) is 8.35. The first-order valence-corrected chi connectivity index (χ1v) is 4.09. The number of rotatable bonds is 1. The SMILES string of the molecule is C1=CN=C(c2cccnc2)CC1. The number of aliphatic imine (C=N–C) groups is 1. The van der Waals surface area contributed by atoms with Crippen LogP contribution in [0.2, 0.25) is 0 Å². The molecule has 60 valence electrons. The molecule has 2 heteroatoms. The average Bonchev–Trinajstić information content (AvgIpc) is 2.21. The predicted octanol–water partition coefficient (Wildman–Crippen LogP) is 2.18. The summed E-state index contributed by atoms with van der Waals surface area (Å²) in [6.45, 7) is 0. The molecule has 1 aliphatic rings. The Morgan fingerprint density at radius 2 is 2.33 bits per heavy atom. The standard InChI is InChI=1S/C10H10N2/c1-2-7-12-10(5-1)9-4-3-6-11-8-9/h2-4,6-8H,1,5H2. The molecule has 0 fully saturated rings. The van der Waals surface area contributed by atoms with Crippen LogP contribution in [0.1, 0.15) is 18.4 Å². The molecule has 2 nitrogen and oxygen atoms in total. The van der Waals surface area contributed by atoms with Gasteiger partial charge in [0.1, 0.15) is 0 Å². The molecule has 1 aliphatic heterocycles. The highest BCUT2D eigenvalue weighted by Crippen LogP contribution is 2.09. The second kappa shape index (κ2) is 3.30. The summed E-state index contributed by atoms with van der Waals surface area (Å²) in [5.74, 6) is 0. The minimum Gasteiger partial charge on any atom is -0.264 e. The number of hydrogen-bond acceptors (Lipinski definition) is 2. The number of allylic oxidation sites excluding steroid dienone is 1. The van der Waals surface area contributed by atoms with E-state index in [2.05, 4.69) is 16.1 Å². The van der Waals surface area contributed by atoms with Crippen LogP contribution in [0, 0.1) is 0 Å². The highest BCUT2D eigenvalue weighted by molar-refractivity contribution is 6.01. The molecule has 0 aliphatic carbocycles. The highest BCUT2D eigenvalue weighted by Gasteiger charge is 2.03. The van der Waals surface area contributed by atoms with Gasteiger partial charge in [-0.05, 0) is 18.9 Å². The molecule has 0 aromatic carbocycles. The van der Waals surface area contributed by atoms with Gasteiger partial charge >= 0.3 is 0 Å². The Balaban J connectivity index is 2.31. The lowest BCUT2D eigenvalue weighted by Gasteiger charge is -2.06. The molecule has 0 unspecified atom stereocenters. The Kier molecular flexibility index (Phi) is 1.99. The molecule has 12 heavy (non-hydrogen) atoms. The van der Waals surface area contributed by atoms with Crippen molar-refractivity contribution in [3.63, 3.8) is 0 Å². The van der Waals surface area contributed by atoms with Crippen LogP contribution in [-0.2, 0) is 0 Å². The zero-order valence-electron chi connectivity index (χ0n) is 6.77. The second-order valence-electron chi connectivity index (χ2n) is 2.74. The summed E-state index contributed by atoms with van der Waals surface area (Å²) in [7, 11) is 0. The van der Waals surface area contributed by atoms with E-state index in [0.29, 0.717) is 0 Å². The van der Waals surface area contributed by atoms with Gasteiger partial charge in [-0.25, -0.2) is 0 Å². The van der Waals surface area contributed by atoms with Gasteiger partial charge in [-0.3, -0.25) is 9.98 Å². The Labute approximate surface area is 71.7 Å². The minimum absolute atomic E-state index is 1.03. The lowest BCUT2D eigenvalue weighted by molar-refractivity contribution is 1.06. The maximum absolute atomic E-state index is 4.30. The third-order valence-corrected chi connectivity index (χ3v) is 1.88.